The van der Waals surface area contributed by atoms with Crippen molar-refractivity contribution in [1.29, 1.82) is 0 Å². The predicted octanol–water partition coefficient (Wildman–Crippen LogP) is 4.82. The first kappa shape index (κ1) is 24.3. The van der Waals surface area contributed by atoms with Crippen LogP contribution in [-0.2, 0) is 25.8 Å². The van der Waals surface area contributed by atoms with E-state index < -0.39 is 9.84 Å². The van der Waals surface area contributed by atoms with Gasteiger partial charge in [0.1, 0.15) is 0 Å². The number of amides is 1. The average Bonchev–Trinajstić information content (AvgIpc) is 2.85. The average molecular weight is 499 g/mol. The summed E-state index contributed by atoms with van der Waals surface area (Å²) in [7, 11) is -3.26. The molecule has 178 valence electrons. The fourth-order valence-corrected chi connectivity index (χ4v) is 5.13. The van der Waals surface area contributed by atoms with Gasteiger partial charge in [-0.2, -0.15) is 0 Å². The van der Waals surface area contributed by atoms with E-state index in [0.717, 1.165) is 35.5 Å². The first-order valence-corrected chi connectivity index (χ1v) is 13.2. The number of morpholine rings is 1. The van der Waals surface area contributed by atoms with Crippen molar-refractivity contribution in [1.82, 2.24) is 0 Å². The van der Waals surface area contributed by atoms with Crippen molar-refractivity contribution in [3.8, 4) is 11.1 Å². The number of carbonyl (C=O) groups is 1. The fraction of sp³-hybridized carbons (Fsp3) is 0.269. The summed E-state index contributed by atoms with van der Waals surface area (Å²) in [5.74, 6) is -0.163. The maximum atomic E-state index is 12.6. The Morgan fingerprint density at radius 3 is 2.38 bits per heavy atom. The third-order valence-corrected chi connectivity index (χ3v) is 7.89. The molecule has 0 atom stereocenters. The van der Waals surface area contributed by atoms with Gasteiger partial charge in [-0.25, -0.2) is 8.42 Å². The number of halogens is 1. The summed E-state index contributed by atoms with van der Waals surface area (Å²) in [5, 5.41) is 3.42. The van der Waals surface area contributed by atoms with Crippen LogP contribution in [0, 0.1) is 0 Å². The van der Waals surface area contributed by atoms with Gasteiger partial charge in [-0.05, 0) is 35.9 Å². The lowest BCUT2D eigenvalue weighted by atomic mass is 10.0. The van der Waals surface area contributed by atoms with Gasteiger partial charge in [0.2, 0.25) is 5.91 Å². The molecule has 0 spiro atoms. The molecule has 1 fully saturated rings. The number of hydrogen-bond acceptors (Lipinski definition) is 5. The third-order valence-electron chi connectivity index (χ3n) is 5.83. The molecule has 0 aromatic heterocycles. The van der Waals surface area contributed by atoms with Gasteiger partial charge in [-0.15, -0.1) is 0 Å². The molecule has 8 heteroatoms. The molecule has 34 heavy (non-hydrogen) atoms. The molecule has 0 radical (unpaired) electrons. The molecule has 0 aliphatic carbocycles. The summed E-state index contributed by atoms with van der Waals surface area (Å²) in [6, 6.07) is 20.1. The molecule has 0 bridgehead atoms. The number of rotatable bonds is 7. The summed E-state index contributed by atoms with van der Waals surface area (Å²) < 4.78 is 29.4. The van der Waals surface area contributed by atoms with Crippen LogP contribution in [0.3, 0.4) is 0 Å². The molecule has 0 unspecified atom stereocenters. The summed E-state index contributed by atoms with van der Waals surface area (Å²) in [6.45, 7) is 4.66. The van der Waals surface area contributed by atoms with Crippen LogP contribution < -0.4 is 10.2 Å². The zero-order valence-electron chi connectivity index (χ0n) is 19.0. The van der Waals surface area contributed by atoms with Crippen LogP contribution >= 0.6 is 11.6 Å². The van der Waals surface area contributed by atoms with E-state index in [1.54, 1.807) is 37.3 Å². The second-order valence-corrected chi connectivity index (χ2v) is 10.8. The van der Waals surface area contributed by atoms with E-state index in [-0.39, 0.29) is 23.0 Å². The first-order valence-electron chi connectivity index (χ1n) is 11.2. The van der Waals surface area contributed by atoms with Crippen LogP contribution in [0.15, 0.2) is 71.6 Å². The molecule has 6 nitrogen and oxygen atoms in total. The Kier molecular flexibility index (Phi) is 7.56. The molecule has 1 heterocycles. The normalized spacial score (nSPS) is 14.1. The Labute approximate surface area is 205 Å². The van der Waals surface area contributed by atoms with Crippen molar-refractivity contribution < 1.29 is 17.9 Å². The van der Waals surface area contributed by atoms with Crippen LogP contribution in [0.1, 0.15) is 12.5 Å². The number of para-hydroxylation sites is 1. The Balaban J connectivity index is 1.46. The van der Waals surface area contributed by atoms with E-state index in [1.807, 2.05) is 30.3 Å². The van der Waals surface area contributed by atoms with Crippen molar-refractivity contribution in [2.45, 2.75) is 18.2 Å². The second kappa shape index (κ2) is 10.6. The number of nitrogens with zero attached hydrogens (tertiary/aromatic N) is 1. The number of benzene rings is 3. The topological polar surface area (TPSA) is 75.7 Å². The van der Waals surface area contributed by atoms with Gasteiger partial charge in [0.05, 0.1) is 35.3 Å². The fourth-order valence-electron chi connectivity index (χ4n) is 3.96. The SMILES string of the molecule is CCS(=O)(=O)c1ccc(CC(=O)Nc2ccc(-c3ccccc3N3CCOCC3)c(Cl)c2)cc1. The number of sulfone groups is 1. The summed E-state index contributed by atoms with van der Waals surface area (Å²) in [6.07, 6.45) is 0.131. The lowest BCUT2D eigenvalue weighted by molar-refractivity contribution is -0.115. The zero-order valence-corrected chi connectivity index (χ0v) is 20.5. The van der Waals surface area contributed by atoms with Crippen molar-refractivity contribution in [2.75, 3.05) is 42.3 Å². The largest absolute Gasteiger partial charge is 0.378 e. The quantitative estimate of drug-likeness (QED) is 0.505. The number of anilines is 2. The van der Waals surface area contributed by atoms with Crippen LogP contribution in [0.5, 0.6) is 0 Å². The first-order chi connectivity index (χ1) is 16.4. The highest BCUT2D eigenvalue weighted by molar-refractivity contribution is 7.91. The minimum Gasteiger partial charge on any atom is -0.378 e. The minimum absolute atomic E-state index is 0.0422. The number of ether oxygens (including phenoxy) is 1. The molecular formula is C26H27ClN2O4S. The van der Waals surface area contributed by atoms with Crippen molar-refractivity contribution in [2.24, 2.45) is 0 Å². The Morgan fingerprint density at radius 1 is 1.00 bits per heavy atom. The van der Waals surface area contributed by atoms with Gasteiger partial charge in [-0.1, -0.05) is 54.9 Å². The molecular weight excluding hydrogens is 472 g/mol. The van der Waals surface area contributed by atoms with Gasteiger partial charge in [0.15, 0.2) is 9.84 Å². The molecule has 1 aliphatic rings. The van der Waals surface area contributed by atoms with Crippen LogP contribution in [-0.4, -0.2) is 46.4 Å². The third kappa shape index (κ3) is 5.60. The Morgan fingerprint density at radius 2 is 1.71 bits per heavy atom. The highest BCUT2D eigenvalue weighted by Gasteiger charge is 2.17. The van der Waals surface area contributed by atoms with Crippen molar-refractivity contribution >= 4 is 38.7 Å². The maximum Gasteiger partial charge on any atom is 0.228 e. The summed E-state index contributed by atoms with van der Waals surface area (Å²) in [4.78, 5) is 15.1. The van der Waals surface area contributed by atoms with Crippen LogP contribution in [0.2, 0.25) is 5.02 Å². The second-order valence-electron chi connectivity index (χ2n) is 8.08. The van der Waals surface area contributed by atoms with E-state index in [4.69, 9.17) is 16.3 Å². The lowest BCUT2D eigenvalue weighted by Gasteiger charge is -2.30. The summed E-state index contributed by atoms with van der Waals surface area (Å²) >= 11 is 6.64. The lowest BCUT2D eigenvalue weighted by Crippen LogP contribution is -2.36. The molecule has 3 aromatic rings. The molecule has 1 N–H and O–H groups in total. The highest BCUT2D eigenvalue weighted by atomic mass is 35.5. The van der Waals surface area contributed by atoms with E-state index in [9.17, 15) is 13.2 Å². The number of nitrogens with one attached hydrogen (secondary N) is 1. The van der Waals surface area contributed by atoms with E-state index >= 15 is 0 Å². The van der Waals surface area contributed by atoms with E-state index in [0.29, 0.717) is 23.9 Å². The smallest absolute Gasteiger partial charge is 0.228 e. The monoisotopic (exact) mass is 498 g/mol. The zero-order chi connectivity index (χ0) is 24.1. The predicted molar refractivity (Wildman–Crippen MR) is 136 cm³/mol. The van der Waals surface area contributed by atoms with E-state index in [2.05, 4.69) is 16.3 Å². The van der Waals surface area contributed by atoms with Gasteiger partial charge in [0, 0.05) is 35.6 Å². The maximum absolute atomic E-state index is 12.6. The highest BCUT2D eigenvalue weighted by Crippen LogP contribution is 2.37. The standard InChI is InChI=1S/C26H27ClN2O4S/c1-2-34(31,32)21-10-7-19(8-11-21)17-26(30)28-20-9-12-22(24(27)18-20)23-5-3-4-6-25(23)29-13-15-33-16-14-29/h3-12,18H,2,13-17H2,1H3,(H,28,30). The molecule has 0 saturated carbocycles. The summed E-state index contributed by atoms with van der Waals surface area (Å²) in [5.41, 5.74) is 4.38. The molecule has 1 amide bonds. The van der Waals surface area contributed by atoms with Crippen molar-refractivity contribution in [3.63, 3.8) is 0 Å². The van der Waals surface area contributed by atoms with E-state index in [1.165, 1.54) is 0 Å². The minimum atomic E-state index is -3.26. The number of hydrogen-bond donors (Lipinski definition) is 1. The van der Waals surface area contributed by atoms with Gasteiger partial charge < -0.3 is 15.0 Å². The Hall–Kier alpha value is -2.87. The molecule has 1 aliphatic heterocycles. The van der Waals surface area contributed by atoms with Gasteiger partial charge >= 0.3 is 0 Å². The number of carbonyl (C=O) groups excluding carboxylic acids is 1. The van der Waals surface area contributed by atoms with Gasteiger partial charge in [0.25, 0.3) is 0 Å². The van der Waals surface area contributed by atoms with Crippen LogP contribution in [0.25, 0.3) is 11.1 Å². The molecule has 4 rings (SSSR count). The molecule has 1 saturated heterocycles. The Bertz CT molecular complexity index is 1270. The van der Waals surface area contributed by atoms with Crippen LogP contribution in [0.4, 0.5) is 11.4 Å². The molecule has 3 aromatic carbocycles. The van der Waals surface area contributed by atoms with Crippen molar-refractivity contribution in [3.05, 3.63) is 77.3 Å². The van der Waals surface area contributed by atoms with Gasteiger partial charge in [-0.3, -0.25) is 4.79 Å².